The number of H-pyrrole nitrogens is 1. The zero-order valence-electron chi connectivity index (χ0n) is 14.5. The molecule has 0 saturated carbocycles. The fraction of sp³-hybridized carbons (Fsp3) is 0.111. The normalized spacial score (nSPS) is 12.7. The summed E-state index contributed by atoms with van der Waals surface area (Å²) in [5.74, 6) is 0.0291. The van der Waals surface area contributed by atoms with Gasteiger partial charge in [-0.15, -0.1) is 11.3 Å². The smallest absolute Gasteiger partial charge is 0.242 e. The number of hydrogen-bond donors (Lipinski definition) is 2. The van der Waals surface area contributed by atoms with Crippen molar-refractivity contribution in [3.05, 3.63) is 47.5 Å². The SMILES string of the molecule is CN(C)S(=O)(=O)c1ccc(N=Cc2c(O)[nH]c3ccc4ncsc4c23)cc1. The number of sulfonamides is 1. The van der Waals surface area contributed by atoms with Crippen LogP contribution >= 0.6 is 11.3 Å². The van der Waals surface area contributed by atoms with Gasteiger partial charge in [0.2, 0.25) is 10.0 Å². The van der Waals surface area contributed by atoms with Crippen molar-refractivity contribution in [2.24, 2.45) is 4.99 Å². The van der Waals surface area contributed by atoms with Gasteiger partial charge in [-0.3, -0.25) is 4.99 Å². The fourth-order valence-electron chi connectivity index (χ4n) is 2.79. The van der Waals surface area contributed by atoms with Crippen molar-refractivity contribution >= 4 is 54.4 Å². The van der Waals surface area contributed by atoms with Gasteiger partial charge in [-0.1, -0.05) is 0 Å². The molecule has 2 N–H and O–H groups in total. The Hall–Kier alpha value is -2.75. The van der Waals surface area contributed by atoms with E-state index in [0.717, 1.165) is 25.4 Å². The van der Waals surface area contributed by atoms with Gasteiger partial charge < -0.3 is 10.1 Å². The van der Waals surface area contributed by atoms with Crippen molar-refractivity contribution in [1.29, 1.82) is 0 Å². The molecule has 0 atom stereocenters. The molecule has 0 radical (unpaired) electrons. The number of nitrogens with one attached hydrogen (secondary N) is 1. The third-order valence-electron chi connectivity index (χ3n) is 4.23. The Balaban J connectivity index is 1.73. The highest BCUT2D eigenvalue weighted by Crippen LogP contribution is 2.34. The van der Waals surface area contributed by atoms with Crippen molar-refractivity contribution in [3.8, 4) is 5.88 Å². The van der Waals surface area contributed by atoms with E-state index in [4.69, 9.17) is 0 Å². The van der Waals surface area contributed by atoms with Crippen molar-refractivity contribution in [2.45, 2.75) is 4.90 Å². The maximum Gasteiger partial charge on any atom is 0.242 e. The van der Waals surface area contributed by atoms with Crippen molar-refractivity contribution in [2.75, 3.05) is 14.1 Å². The molecule has 0 amide bonds. The largest absolute Gasteiger partial charge is 0.494 e. The van der Waals surface area contributed by atoms with Crippen LogP contribution < -0.4 is 0 Å². The van der Waals surface area contributed by atoms with Gasteiger partial charge >= 0.3 is 0 Å². The third-order valence-corrected chi connectivity index (χ3v) is 6.92. The summed E-state index contributed by atoms with van der Waals surface area (Å²) < 4.78 is 26.4. The fourth-order valence-corrected chi connectivity index (χ4v) is 4.55. The number of aromatic hydroxyl groups is 1. The molecule has 0 saturated heterocycles. The van der Waals surface area contributed by atoms with E-state index in [1.165, 1.54) is 37.6 Å². The van der Waals surface area contributed by atoms with E-state index in [1.54, 1.807) is 23.9 Å². The quantitative estimate of drug-likeness (QED) is 0.512. The second-order valence-corrected chi connectivity index (χ2v) is 9.12. The number of thiazole rings is 1. The maximum absolute atomic E-state index is 12.1. The number of aliphatic imine (C=N–C) groups is 1. The summed E-state index contributed by atoms with van der Waals surface area (Å²) in [7, 11) is -0.499. The highest BCUT2D eigenvalue weighted by Gasteiger charge is 2.17. The van der Waals surface area contributed by atoms with Crippen LogP contribution in [0.3, 0.4) is 0 Å². The Bertz CT molecular complexity index is 1270. The molecule has 9 heteroatoms. The minimum atomic E-state index is -3.47. The van der Waals surface area contributed by atoms with Gasteiger partial charge in [0.05, 0.1) is 37.4 Å². The molecule has 7 nitrogen and oxygen atoms in total. The molecule has 0 aliphatic rings. The summed E-state index contributed by atoms with van der Waals surface area (Å²) in [6.07, 6.45) is 1.57. The molecule has 0 fully saturated rings. The van der Waals surface area contributed by atoms with Crippen molar-refractivity contribution in [1.82, 2.24) is 14.3 Å². The summed E-state index contributed by atoms with van der Waals surface area (Å²) in [5, 5.41) is 11.1. The van der Waals surface area contributed by atoms with Crippen LogP contribution in [0, 0.1) is 0 Å². The lowest BCUT2D eigenvalue weighted by Gasteiger charge is -2.10. The first-order valence-corrected chi connectivity index (χ1v) is 10.3. The zero-order valence-corrected chi connectivity index (χ0v) is 16.2. The summed E-state index contributed by atoms with van der Waals surface area (Å²) in [6, 6.07) is 10.0. The number of aromatic nitrogens is 2. The Morgan fingerprint density at radius 1 is 1.19 bits per heavy atom. The van der Waals surface area contributed by atoms with E-state index in [2.05, 4.69) is 15.0 Å². The molecule has 2 aromatic heterocycles. The van der Waals surface area contributed by atoms with Gasteiger partial charge in [-0.2, -0.15) is 0 Å². The standard InChI is InChI=1S/C18H16N4O3S2/c1-22(2)27(24,25)12-5-3-11(4-6-12)19-9-13-16-14(21-18(13)23)7-8-15-17(16)26-10-20-15/h3-10,21,23H,1-2H3. The summed E-state index contributed by atoms with van der Waals surface area (Å²) in [5.41, 5.74) is 4.58. The highest BCUT2D eigenvalue weighted by molar-refractivity contribution is 7.89. The van der Waals surface area contributed by atoms with Gasteiger partial charge in [0.15, 0.2) is 5.88 Å². The molecule has 0 bridgehead atoms. The lowest BCUT2D eigenvalue weighted by Crippen LogP contribution is -2.21. The molecule has 138 valence electrons. The van der Waals surface area contributed by atoms with Crippen LogP contribution in [0.2, 0.25) is 0 Å². The lowest BCUT2D eigenvalue weighted by molar-refractivity contribution is 0.457. The molecule has 0 aliphatic carbocycles. The van der Waals surface area contributed by atoms with Gasteiger partial charge in [0.25, 0.3) is 0 Å². The molecule has 2 heterocycles. The van der Waals surface area contributed by atoms with Gasteiger partial charge in [0.1, 0.15) is 0 Å². The predicted octanol–water partition coefficient (Wildman–Crippen LogP) is 3.48. The summed E-state index contributed by atoms with van der Waals surface area (Å²) in [4.78, 5) is 11.8. The maximum atomic E-state index is 12.1. The first-order valence-electron chi connectivity index (χ1n) is 8.01. The topological polar surface area (TPSA) is 98.6 Å². The highest BCUT2D eigenvalue weighted by atomic mass is 32.2. The number of fused-ring (bicyclic) bond motifs is 3. The van der Waals surface area contributed by atoms with E-state index < -0.39 is 10.0 Å². The minimum absolute atomic E-state index is 0.0291. The second kappa shape index (κ2) is 6.45. The number of rotatable bonds is 4. The molecule has 4 rings (SSSR count). The predicted molar refractivity (Wildman–Crippen MR) is 108 cm³/mol. The Kier molecular flexibility index (Phi) is 4.22. The van der Waals surface area contributed by atoms with Crippen LogP contribution in [-0.4, -0.2) is 48.1 Å². The molecule has 4 aromatic rings. The van der Waals surface area contributed by atoms with E-state index in [1.807, 2.05) is 12.1 Å². The van der Waals surface area contributed by atoms with Crippen molar-refractivity contribution in [3.63, 3.8) is 0 Å². The van der Waals surface area contributed by atoms with E-state index >= 15 is 0 Å². The van der Waals surface area contributed by atoms with Crippen LogP contribution in [0.1, 0.15) is 5.56 Å². The van der Waals surface area contributed by atoms with E-state index in [0.29, 0.717) is 11.3 Å². The number of hydrogen-bond acceptors (Lipinski definition) is 6. The average Bonchev–Trinajstić information content (AvgIpc) is 3.23. The number of nitrogens with zero attached hydrogens (tertiary/aromatic N) is 3. The molecular formula is C18H16N4O3S2. The average molecular weight is 400 g/mol. The molecular weight excluding hydrogens is 384 g/mol. The monoisotopic (exact) mass is 400 g/mol. The van der Waals surface area contributed by atoms with Crippen LogP contribution in [0.25, 0.3) is 21.1 Å². The molecule has 2 aromatic carbocycles. The second-order valence-electron chi connectivity index (χ2n) is 6.12. The number of benzene rings is 2. The Morgan fingerprint density at radius 3 is 2.63 bits per heavy atom. The van der Waals surface area contributed by atoms with Crippen LogP contribution in [0.4, 0.5) is 5.69 Å². The minimum Gasteiger partial charge on any atom is -0.494 e. The first-order chi connectivity index (χ1) is 12.9. The Morgan fingerprint density at radius 2 is 1.93 bits per heavy atom. The van der Waals surface area contributed by atoms with Crippen LogP contribution in [0.15, 0.2) is 51.8 Å². The van der Waals surface area contributed by atoms with Crippen LogP contribution in [0.5, 0.6) is 5.88 Å². The summed E-state index contributed by atoms with van der Waals surface area (Å²) >= 11 is 1.50. The Labute approximate surface area is 159 Å². The van der Waals surface area contributed by atoms with Gasteiger partial charge in [-0.05, 0) is 36.4 Å². The molecule has 0 spiro atoms. The third kappa shape index (κ3) is 2.99. The van der Waals surface area contributed by atoms with E-state index in [9.17, 15) is 13.5 Å². The van der Waals surface area contributed by atoms with Gasteiger partial charge in [-0.25, -0.2) is 17.7 Å². The van der Waals surface area contributed by atoms with E-state index in [-0.39, 0.29) is 10.8 Å². The number of aromatic amines is 1. The first kappa shape index (κ1) is 17.7. The molecule has 27 heavy (non-hydrogen) atoms. The van der Waals surface area contributed by atoms with Crippen molar-refractivity contribution < 1.29 is 13.5 Å². The lowest BCUT2D eigenvalue weighted by atomic mass is 10.1. The zero-order chi connectivity index (χ0) is 19.2. The van der Waals surface area contributed by atoms with Gasteiger partial charge in [0, 0.05) is 25.7 Å². The summed E-state index contributed by atoms with van der Waals surface area (Å²) in [6.45, 7) is 0. The molecule has 0 unspecified atom stereocenters. The van der Waals surface area contributed by atoms with Crippen LogP contribution in [-0.2, 0) is 10.0 Å². The molecule has 0 aliphatic heterocycles.